The molecule has 0 aromatic rings. The molecule has 0 saturated heterocycles. The third-order valence-corrected chi connectivity index (χ3v) is 9.68. The lowest BCUT2D eigenvalue weighted by molar-refractivity contribution is 0.160. The molecule has 1 atom stereocenters. The average Bonchev–Trinajstić information content (AvgIpc) is 2.99. The van der Waals surface area contributed by atoms with Crippen LogP contribution in [-0.4, -0.2) is 21.8 Å². The SMILES string of the molecule is C=CCO[Si](OCC)(C1CCCCC1)C1CCCC1. The second-order valence-corrected chi connectivity index (χ2v) is 9.72. The molecule has 2 rings (SSSR count). The lowest BCUT2D eigenvalue weighted by Gasteiger charge is -2.42. The normalized spacial score (nSPS) is 25.3. The van der Waals surface area contributed by atoms with Gasteiger partial charge in [-0.05, 0) is 32.6 Å². The maximum atomic E-state index is 6.44. The molecular formula is C16H30O2Si. The van der Waals surface area contributed by atoms with Gasteiger partial charge in [-0.15, -0.1) is 6.58 Å². The summed E-state index contributed by atoms with van der Waals surface area (Å²) in [7, 11) is -2.05. The van der Waals surface area contributed by atoms with E-state index >= 15 is 0 Å². The minimum atomic E-state index is -2.05. The fourth-order valence-electron chi connectivity index (χ4n) is 4.09. The van der Waals surface area contributed by atoms with Crippen LogP contribution in [0.2, 0.25) is 11.1 Å². The van der Waals surface area contributed by atoms with Crippen molar-refractivity contribution in [1.82, 2.24) is 0 Å². The van der Waals surface area contributed by atoms with E-state index in [1.807, 2.05) is 6.08 Å². The molecule has 0 spiro atoms. The molecule has 2 aliphatic carbocycles. The van der Waals surface area contributed by atoms with Crippen molar-refractivity contribution in [2.45, 2.75) is 75.8 Å². The lowest BCUT2D eigenvalue weighted by Crippen LogP contribution is -2.51. The van der Waals surface area contributed by atoms with Crippen LogP contribution in [0.3, 0.4) is 0 Å². The summed E-state index contributed by atoms with van der Waals surface area (Å²) in [5.74, 6) is 0. The minimum Gasteiger partial charge on any atom is -0.394 e. The van der Waals surface area contributed by atoms with Crippen LogP contribution in [0.1, 0.15) is 64.7 Å². The molecule has 2 saturated carbocycles. The molecule has 110 valence electrons. The molecule has 2 nitrogen and oxygen atoms in total. The zero-order valence-electron chi connectivity index (χ0n) is 12.5. The number of hydrogen-bond donors (Lipinski definition) is 0. The van der Waals surface area contributed by atoms with E-state index in [1.54, 1.807) is 0 Å². The third-order valence-electron chi connectivity index (χ3n) is 4.90. The van der Waals surface area contributed by atoms with E-state index in [4.69, 9.17) is 8.85 Å². The highest BCUT2D eigenvalue weighted by Crippen LogP contribution is 2.50. The molecule has 1 unspecified atom stereocenters. The summed E-state index contributed by atoms with van der Waals surface area (Å²) in [5.41, 5.74) is 1.46. The van der Waals surface area contributed by atoms with Crippen molar-refractivity contribution < 1.29 is 8.85 Å². The van der Waals surface area contributed by atoms with E-state index < -0.39 is 8.56 Å². The van der Waals surface area contributed by atoms with Crippen molar-refractivity contribution in [2.75, 3.05) is 13.2 Å². The highest BCUT2D eigenvalue weighted by atomic mass is 28.4. The Bertz CT molecular complexity index is 270. The van der Waals surface area contributed by atoms with Crippen molar-refractivity contribution >= 4 is 8.56 Å². The Labute approximate surface area is 119 Å². The second-order valence-electron chi connectivity index (χ2n) is 6.07. The lowest BCUT2D eigenvalue weighted by atomic mass is 10.0. The van der Waals surface area contributed by atoms with Gasteiger partial charge in [-0.3, -0.25) is 0 Å². The van der Waals surface area contributed by atoms with Gasteiger partial charge in [0.2, 0.25) is 0 Å². The molecule has 19 heavy (non-hydrogen) atoms. The molecule has 0 radical (unpaired) electrons. The molecule has 2 fully saturated rings. The smallest absolute Gasteiger partial charge is 0.344 e. The summed E-state index contributed by atoms with van der Waals surface area (Å²) in [6, 6.07) is 0. The van der Waals surface area contributed by atoms with Crippen molar-refractivity contribution in [2.24, 2.45) is 0 Å². The van der Waals surface area contributed by atoms with E-state index in [0.29, 0.717) is 6.61 Å². The highest BCUT2D eigenvalue weighted by Gasteiger charge is 2.52. The van der Waals surface area contributed by atoms with E-state index in [1.165, 1.54) is 57.8 Å². The van der Waals surface area contributed by atoms with Crippen LogP contribution < -0.4 is 0 Å². The molecule has 0 aromatic carbocycles. The van der Waals surface area contributed by atoms with Crippen molar-refractivity contribution in [3.63, 3.8) is 0 Å². The van der Waals surface area contributed by atoms with Crippen molar-refractivity contribution in [3.8, 4) is 0 Å². The molecule has 0 heterocycles. The average molecular weight is 282 g/mol. The summed E-state index contributed by atoms with van der Waals surface area (Å²) >= 11 is 0. The largest absolute Gasteiger partial charge is 0.394 e. The van der Waals surface area contributed by atoms with Gasteiger partial charge in [0, 0.05) is 17.7 Å². The fraction of sp³-hybridized carbons (Fsp3) is 0.875. The van der Waals surface area contributed by atoms with Crippen LogP contribution in [0.25, 0.3) is 0 Å². The van der Waals surface area contributed by atoms with Gasteiger partial charge in [-0.25, -0.2) is 0 Å². The van der Waals surface area contributed by atoms with Crippen LogP contribution in [0.4, 0.5) is 0 Å². The van der Waals surface area contributed by atoms with E-state index in [-0.39, 0.29) is 0 Å². The highest BCUT2D eigenvalue weighted by molar-refractivity contribution is 6.70. The monoisotopic (exact) mass is 282 g/mol. The van der Waals surface area contributed by atoms with Crippen LogP contribution in [0.5, 0.6) is 0 Å². The zero-order chi connectivity index (χ0) is 13.6. The maximum absolute atomic E-state index is 6.44. The summed E-state index contributed by atoms with van der Waals surface area (Å²) < 4.78 is 12.9. The van der Waals surface area contributed by atoms with Crippen molar-refractivity contribution in [3.05, 3.63) is 12.7 Å². The molecule has 0 bridgehead atoms. The first-order valence-corrected chi connectivity index (χ1v) is 10.2. The Morgan fingerprint density at radius 3 is 1.95 bits per heavy atom. The fourth-order valence-corrected chi connectivity index (χ4v) is 9.04. The van der Waals surface area contributed by atoms with Crippen LogP contribution >= 0.6 is 0 Å². The van der Waals surface area contributed by atoms with Crippen LogP contribution in [0, 0.1) is 0 Å². The Hall–Kier alpha value is -0.123. The van der Waals surface area contributed by atoms with E-state index in [2.05, 4.69) is 13.5 Å². The van der Waals surface area contributed by atoms with Gasteiger partial charge in [0.1, 0.15) is 0 Å². The maximum Gasteiger partial charge on any atom is 0.344 e. The summed E-state index contributed by atoms with van der Waals surface area (Å²) in [4.78, 5) is 0. The molecule has 2 aliphatic rings. The Kier molecular flexibility index (Phi) is 6.11. The third kappa shape index (κ3) is 3.50. The Balaban J connectivity index is 2.17. The topological polar surface area (TPSA) is 18.5 Å². The Morgan fingerprint density at radius 2 is 1.47 bits per heavy atom. The minimum absolute atomic E-state index is 0.680. The van der Waals surface area contributed by atoms with E-state index in [9.17, 15) is 0 Å². The van der Waals surface area contributed by atoms with Crippen LogP contribution in [-0.2, 0) is 8.85 Å². The molecule has 0 N–H and O–H groups in total. The van der Waals surface area contributed by atoms with Gasteiger partial charge in [0.25, 0.3) is 0 Å². The second kappa shape index (κ2) is 7.60. The van der Waals surface area contributed by atoms with Gasteiger partial charge in [-0.2, -0.15) is 0 Å². The zero-order valence-corrected chi connectivity index (χ0v) is 13.5. The van der Waals surface area contributed by atoms with Gasteiger partial charge in [0.05, 0.1) is 6.61 Å². The number of hydrogen-bond acceptors (Lipinski definition) is 2. The quantitative estimate of drug-likeness (QED) is 0.486. The van der Waals surface area contributed by atoms with Gasteiger partial charge < -0.3 is 8.85 Å². The molecule has 0 aliphatic heterocycles. The Morgan fingerprint density at radius 1 is 0.947 bits per heavy atom. The summed E-state index contributed by atoms with van der Waals surface area (Å²) in [6.07, 6.45) is 14.1. The molecular weight excluding hydrogens is 252 g/mol. The van der Waals surface area contributed by atoms with E-state index in [0.717, 1.165) is 17.7 Å². The van der Waals surface area contributed by atoms with Gasteiger partial charge >= 0.3 is 8.56 Å². The first-order chi connectivity index (χ1) is 9.33. The molecule has 3 heteroatoms. The summed E-state index contributed by atoms with van der Waals surface area (Å²) in [6.45, 7) is 7.47. The van der Waals surface area contributed by atoms with Gasteiger partial charge in [0.15, 0.2) is 0 Å². The summed E-state index contributed by atoms with van der Waals surface area (Å²) in [5, 5.41) is 0. The first-order valence-electron chi connectivity index (χ1n) is 8.22. The van der Waals surface area contributed by atoms with Crippen molar-refractivity contribution in [1.29, 1.82) is 0 Å². The first kappa shape index (κ1) is 15.3. The van der Waals surface area contributed by atoms with Crippen LogP contribution in [0.15, 0.2) is 12.7 Å². The predicted octanol–water partition coefficient (Wildman–Crippen LogP) is 4.95. The standard InChI is InChI=1S/C16H30O2Si/c1-3-14-18-19(17-4-2,16-12-8-9-13-16)15-10-6-5-7-11-15/h3,15-16H,1,4-14H2,2H3. The number of rotatable bonds is 7. The molecule has 0 aromatic heterocycles. The molecule has 0 amide bonds. The predicted molar refractivity (Wildman–Crippen MR) is 82.6 cm³/mol. The van der Waals surface area contributed by atoms with Gasteiger partial charge in [-0.1, -0.05) is 38.2 Å².